The molecule has 0 bridgehead atoms. The first-order chi connectivity index (χ1) is 8.50. The number of carboxylic acids is 1. The zero-order valence-corrected chi connectivity index (χ0v) is 10.4. The zero-order chi connectivity index (χ0) is 13.3. The molecule has 1 unspecified atom stereocenters. The van der Waals surface area contributed by atoms with E-state index in [4.69, 9.17) is 22.4 Å². The number of aliphatic carboxylic acids is 1. The Hall–Kier alpha value is -2.01. The summed E-state index contributed by atoms with van der Waals surface area (Å²) in [4.78, 5) is 15.0. The summed E-state index contributed by atoms with van der Waals surface area (Å²) in [7, 11) is 0. The Morgan fingerprint density at radius 1 is 1.50 bits per heavy atom. The molecular formula is C12H12ClN3O2. The third-order valence-corrected chi connectivity index (χ3v) is 2.95. The van der Waals surface area contributed by atoms with Crippen LogP contribution >= 0.6 is 11.6 Å². The molecule has 0 amide bonds. The SMILES string of the molecule is CC(Nc1nccc2c(N)ccc(Cl)c12)C(=O)O. The van der Waals surface area contributed by atoms with Crippen LogP contribution < -0.4 is 11.1 Å². The number of nitrogens with zero attached hydrogens (tertiary/aromatic N) is 1. The van der Waals surface area contributed by atoms with Gasteiger partial charge in [-0.2, -0.15) is 0 Å². The van der Waals surface area contributed by atoms with Crippen molar-refractivity contribution in [3.8, 4) is 0 Å². The Morgan fingerprint density at radius 2 is 2.22 bits per heavy atom. The van der Waals surface area contributed by atoms with Gasteiger partial charge >= 0.3 is 5.97 Å². The van der Waals surface area contributed by atoms with E-state index in [1.165, 1.54) is 6.92 Å². The van der Waals surface area contributed by atoms with Crippen LogP contribution in [0, 0.1) is 0 Å². The molecule has 1 aromatic heterocycles. The van der Waals surface area contributed by atoms with E-state index in [-0.39, 0.29) is 0 Å². The third kappa shape index (κ3) is 2.17. The maximum absolute atomic E-state index is 10.8. The minimum Gasteiger partial charge on any atom is -0.480 e. The molecule has 4 N–H and O–H groups in total. The number of carbonyl (C=O) groups is 1. The second kappa shape index (κ2) is 4.70. The van der Waals surface area contributed by atoms with Crippen molar-refractivity contribution >= 4 is 39.8 Å². The standard InChI is InChI=1S/C12H12ClN3O2/c1-6(12(17)18)16-11-10-7(4-5-15-11)9(14)3-2-8(10)13/h2-6H,14H2,1H3,(H,15,16)(H,17,18). The van der Waals surface area contributed by atoms with Crippen LogP contribution in [0.15, 0.2) is 24.4 Å². The number of hydrogen-bond donors (Lipinski definition) is 3. The maximum atomic E-state index is 10.8. The number of nitrogens with two attached hydrogens (primary N) is 1. The quantitative estimate of drug-likeness (QED) is 0.742. The second-order valence-electron chi connectivity index (χ2n) is 3.92. The van der Waals surface area contributed by atoms with Crippen molar-refractivity contribution in [2.24, 2.45) is 0 Å². The predicted octanol–water partition coefficient (Wildman–Crippen LogP) is 2.36. The molecule has 0 aliphatic carbocycles. The maximum Gasteiger partial charge on any atom is 0.325 e. The van der Waals surface area contributed by atoms with E-state index in [2.05, 4.69) is 10.3 Å². The summed E-state index contributed by atoms with van der Waals surface area (Å²) in [5, 5.41) is 13.6. The van der Waals surface area contributed by atoms with Gasteiger partial charge in [-0.1, -0.05) is 11.6 Å². The smallest absolute Gasteiger partial charge is 0.325 e. The lowest BCUT2D eigenvalue weighted by Gasteiger charge is -2.13. The monoisotopic (exact) mass is 265 g/mol. The van der Waals surface area contributed by atoms with E-state index in [1.54, 1.807) is 24.4 Å². The van der Waals surface area contributed by atoms with Gasteiger partial charge in [-0.15, -0.1) is 0 Å². The number of pyridine rings is 1. The zero-order valence-electron chi connectivity index (χ0n) is 9.64. The van der Waals surface area contributed by atoms with Gasteiger partial charge in [0.25, 0.3) is 0 Å². The first-order valence-corrected chi connectivity index (χ1v) is 5.70. The Kier molecular flexibility index (Phi) is 3.25. The van der Waals surface area contributed by atoms with Crippen molar-refractivity contribution in [1.82, 2.24) is 4.98 Å². The molecule has 2 rings (SSSR count). The van der Waals surface area contributed by atoms with Crippen molar-refractivity contribution in [3.05, 3.63) is 29.4 Å². The summed E-state index contributed by atoms with van der Waals surface area (Å²) in [5.74, 6) is -0.548. The summed E-state index contributed by atoms with van der Waals surface area (Å²) < 4.78 is 0. The Bertz CT molecular complexity index is 616. The van der Waals surface area contributed by atoms with Crippen molar-refractivity contribution in [2.75, 3.05) is 11.1 Å². The molecule has 5 nitrogen and oxygen atoms in total. The summed E-state index contributed by atoms with van der Waals surface area (Å²) in [5.41, 5.74) is 6.43. The highest BCUT2D eigenvalue weighted by atomic mass is 35.5. The highest BCUT2D eigenvalue weighted by Gasteiger charge is 2.14. The van der Waals surface area contributed by atoms with E-state index in [1.807, 2.05) is 0 Å². The molecule has 1 heterocycles. The van der Waals surface area contributed by atoms with Gasteiger partial charge in [0, 0.05) is 22.7 Å². The van der Waals surface area contributed by atoms with Crippen LogP contribution in [0.25, 0.3) is 10.8 Å². The van der Waals surface area contributed by atoms with Crippen molar-refractivity contribution in [2.45, 2.75) is 13.0 Å². The summed E-state index contributed by atoms with van der Waals surface area (Å²) in [6.07, 6.45) is 1.56. The number of aromatic nitrogens is 1. The number of hydrogen-bond acceptors (Lipinski definition) is 4. The van der Waals surface area contributed by atoms with Crippen LogP contribution in [0.1, 0.15) is 6.92 Å². The van der Waals surface area contributed by atoms with Gasteiger partial charge in [-0.25, -0.2) is 4.98 Å². The largest absolute Gasteiger partial charge is 0.480 e. The van der Waals surface area contributed by atoms with E-state index >= 15 is 0 Å². The van der Waals surface area contributed by atoms with Gasteiger partial charge in [0.15, 0.2) is 0 Å². The number of fused-ring (bicyclic) bond motifs is 1. The van der Waals surface area contributed by atoms with Gasteiger partial charge < -0.3 is 16.2 Å². The number of benzene rings is 1. The number of rotatable bonds is 3. The molecule has 0 saturated heterocycles. The predicted molar refractivity (Wildman–Crippen MR) is 71.9 cm³/mol. The van der Waals surface area contributed by atoms with Crippen molar-refractivity contribution in [3.63, 3.8) is 0 Å². The van der Waals surface area contributed by atoms with Crippen LogP contribution in [0.3, 0.4) is 0 Å². The average molecular weight is 266 g/mol. The first-order valence-electron chi connectivity index (χ1n) is 5.32. The molecule has 94 valence electrons. The van der Waals surface area contributed by atoms with Crippen LogP contribution in [0.2, 0.25) is 5.02 Å². The molecule has 0 saturated carbocycles. The van der Waals surface area contributed by atoms with Crippen LogP contribution in [-0.2, 0) is 4.79 Å². The topological polar surface area (TPSA) is 88.2 Å². The molecule has 0 radical (unpaired) electrons. The number of nitrogen functional groups attached to an aromatic ring is 1. The van der Waals surface area contributed by atoms with Crippen molar-refractivity contribution < 1.29 is 9.90 Å². The second-order valence-corrected chi connectivity index (χ2v) is 4.33. The number of carboxylic acid groups (broad SMARTS) is 1. The molecule has 2 aromatic rings. The van der Waals surface area contributed by atoms with E-state index in [9.17, 15) is 4.79 Å². The molecule has 0 aliphatic rings. The third-order valence-electron chi connectivity index (χ3n) is 2.63. The normalized spacial score (nSPS) is 12.3. The summed E-state index contributed by atoms with van der Waals surface area (Å²) in [6, 6.07) is 4.35. The van der Waals surface area contributed by atoms with Gasteiger partial charge in [0.05, 0.1) is 5.02 Å². The molecule has 1 aromatic carbocycles. The molecule has 0 aliphatic heterocycles. The molecule has 0 spiro atoms. The first kappa shape index (κ1) is 12.4. The van der Waals surface area contributed by atoms with E-state index in [0.29, 0.717) is 21.9 Å². The van der Waals surface area contributed by atoms with Gasteiger partial charge in [0.2, 0.25) is 0 Å². The van der Waals surface area contributed by atoms with E-state index in [0.717, 1.165) is 5.39 Å². The number of halogens is 1. The fourth-order valence-corrected chi connectivity index (χ4v) is 1.91. The molecule has 18 heavy (non-hydrogen) atoms. The molecule has 1 atom stereocenters. The summed E-state index contributed by atoms with van der Waals surface area (Å²) in [6.45, 7) is 1.53. The fourth-order valence-electron chi connectivity index (χ4n) is 1.66. The Labute approximate surface area is 109 Å². The molecule has 6 heteroatoms. The van der Waals surface area contributed by atoms with Gasteiger partial charge in [0.1, 0.15) is 11.9 Å². The minimum absolute atomic E-state index is 0.416. The van der Waals surface area contributed by atoms with Crippen molar-refractivity contribution in [1.29, 1.82) is 0 Å². The minimum atomic E-state index is -0.964. The Balaban J connectivity index is 2.58. The van der Waals surface area contributed by atoms with Crippen LogP contribution in [0.4, 0.5) is 11.5 Å². The number of nitrogens with one attached hydrogen (secondary N) is 1. The lowest BCUT2D eigenvalue weighted by Crippen LogP contribution is -2.26. The average Bonchev–Trinajstić information content (AvgIpc) is 2.34. The molecular weight excluding hydrogens is 254 g/mol. The van der Waals surface area contributed by atoms with Gasteiger partial charge in [-0.3, -0.25) is 4.79 Å². The van der Waals surface area contributed by atoms with E-state index < -0.39 is 12.0 Å². The highest BCUT2D eigenvalue weighted by Crippen LogP contribution is 2.32. The lowest BCUT2D eigenvalue weighted by molar-refractivity contribution is -0.137. The highest BCUT2D eigenvalue weighted by molar-refractivity contribution is 6.37. The van der Waals surface area contributed by atoms with Gasteiger partial charge in [-0.05, 0) is 25.1 Å². The fraction of sp³-hybridized carbons (Fsp3) is 0.167. The number of anilines is 2. The van der Waals surface area contributed by atoms with Crippen LogP contribution in [-0.4, -0.2) is 22.1 Å². The summed E-state index contributed by atoms with van der Waals surface area (Å²) >= 11 is 6.11. The Morgan fingerprint density at radius 3 is 2.89 bits per heavy atom. The van der Waals surface area contributed by atoms with Crippen LogP contribution in [0.5, 0.6) is 0 Å². The molecule has 0 fully saturated rings. The lowest BCUT2D eigenvalue weighted by atomic mass is 10.1.